The van der Waals surface area contributed by atoms with Crippen LogP contribution in [0.15, 0.2) is 12.1 Å². The first-order valence-corrected chi connectivity index (χ1v) is 5.45. The van der Waals surface area contributed by atoms with E-state index in [0.29, 0.717) is 16.5 Å². The maximum atomic E-state index is 11.7. The van der Waals surface area contributed by atoms with E-state index >= 15 is 0 Å². The molecule has 0 aliphatic heterocycles. The number of hydrogen-bond acceptors (Lipinski definition) is 1. The normalized spacial score (nSPS) is 16.3. The molecule has 0 radical (unpaired) electrons. The fourth-order valence-corrected chi connectivity index (χ4v) is 2.42. The summed E-state index contributed by atoms with van der Waals surface area (Å²) in [5.41, 5.74) is 1.69. The first-order valence-electron chi connectivity index (χ1n) is 4.69. The minimum atomic E-state index is 0.168. The molecule has 2 rings (SSSR count). The summed E-state index contributed by atoms with van der Waals surface area (Å²) in [6.07, 6.45) is 3.47. The molecule has 3 heteroatoms. The molecule has 0 bridgehead atoms. The minimum absolute atomic E-state index is 0.168. The van der Waals surface area contributed by atoms with Crippen LogP contribution in [0.3, 0.4) is 0 Å². The van der Waals surface area contributed by atoms with Gasteiger partial charge in [0.25, 0.3) is 0 Å². The molecule has 0 amide bonds. The van der Waals surface area contributed by atoms with Crippen molar-refractivity contribution in [2.24, 2.45) is 0 Å². The van der Waals surface area contributed by atoms with Crippen LogP contribution in [0.1, 0.15) is 35.2 Å². The van der Waals surface area contributed by atoms with Crippen molar-refractivity contribution in [2.75, 3.05) is 0 Å². The lowest BCUT2D eigenvalue weighted by atomic mass is 10.0. The number of halogens is 2. The van der Waals surface area contributed by atoms with E-state index < -0.39 is 0 Å². The van der Waals surface area contributed by atoms with Gasteiger partial charge >= 0.3 is 0 Å². The maximum Gasteiger partial charge on any atom is 0.163 e. The van der Waals surface area contributed by atoms with E-state index in [1.165, 1.54) is 0 Å². The van der Waals surface area contributed by atoms with Crippen molar-refractivity contribution in [1.82, 2.24) is 0 Å². The fraction of sp³-hybridized carbons (Fsp3) is 0.364. The molecule has 0 atom stereocenters. The van der Waals surface area contributed by atoms with E-state index in [2.05, 4.69) is 0 Å². The van der Waals surface area contributed by atoms with Gasteiger partial charge in [-0.3, -0.25) is 4.79 Å². The highest BCUT2D eigenvalue weighted by Crippen LogP contribution is 2.30. The molecule has 14 heavy (non-hydrogen) atoms. The number of ketones is 1. The lowest BCUT2D eigenvalue weighted by molar-refractivity contribution is 0.0982. The average molecular weight is 229 g/mol. The third-order valence-electron chi connectivity index (χ3n) is 2.54. The Hall–Kier alpha value is -0.530. The summed E-state index contributed by atoms with van der Waals surface area (Å²) in [7, 11) is 0. The SMILES string of the molecule is O=C1CCCCc2c(Cl)cc(Cl)cc21. The van der Waals surface area contributed by atoms with Crippen molar-refractivity contribution >= 4 is 29.0 Å². The highest BCUT2D eigenvalue weighted by Gasteiger charge is 2.18. The highest BCUT2D eigenvalue weighted by atomic mass is 35.5. The second kappa shape index (κ2) is 3.92. The number of hydrogen-bond donors (Lipinski definition) is 0. The van der Waals surface area contributed by atoms with Crippen LogP contribution in [0, 0.1) is 0 Å². The van der Waals surface area contributed by atoms with Crippen LogP contribution in [-0.2, 0) is 6.42 Å². The monoisotopic (exact) mass is 228 g/mol. The fourth-order valence-electron chi connectivity index (χ4n) is 1.83. The van der Waals surface area contributed by atoms with Crippen LogP contribution in [0.2, 0.25) is 10.0 Å². The van der Waals surface area contributed by atoms with Gasteiger partial charge in [0, 0.05) is 22.0 Å². The second-order valence-corrected chi connectivity index (χ2v) is 4.39. The summed E-state index contributed by atoms with van der Waals surface area (Å²) in [6.45, 7) is 0. The number of carbonyl (C=O) groups is 1. The molecule has 1 nitrogen and oxygen atoms in total. The minimum Gasteiger partial charge on any atom is -0.294 e. The molecular weight excluding hydrogens is 219 g/mol. The smallest absolute Gasteiger partial charge is 0.163 e. The van der Waals surface area contributed by atoms with Crippen LogP contribution < -0.4 is 0 Å². The van der Waals surface area contributed by atoms with Crippen LogP contribution in [0.4, 0.5) is 0 Å². The molecule has 1 aliphatic rings. The molecule has 0 saturated heterocycles. The van der Waals surface area contributed by atoms with Gasteiger partial charge in [-0.1, -0.05) is 23.2 Å². The number of benzene rings is 1. The molecule has 0 N–H and O–H groups in total. The van der Waals surface area contributed by atoms with Crippen molar-refractivity contribution in [3.63, 3.8) is 0 Å². The predicted molar refractivity (Wildman–Crippen MR) is 58.3 cm³/mol. The van der Waals surface area contributed by atoms with Gasteiger partial charge in [0.1, 0.15) is 0 Å². The number of fused-ring (bicyclic) bond motifs is 1. The van der Waals surface area contributed by atoms with Crippen LogP contribution in [0.25, 0.3) is 0 Å². The van der Waals surface area contributed by atoms with E-state index in [1.807, 2.05) is 0 Å². The van der Waals surface area contributed by atoms with Crippen molar-refractivity contribution in [2.45, 2.75) is 25.7 Å². The van der Waals surface area contributed by atoms with Gasteiger partial charge in [0.15, 0.2) is 5.78 Å². The summed E-state index contributed by atoms with van der Waals surface area (Å²) in [5.74, 6) is 0.168. The third kappa shape index (κ3) is 1.79. The van der Waals surface area contributed by atoms with Crippen molar-refractivity contribution in [3.8, 4) is 0 Å². The first-order chi connectivity index (χ1) is 6.68. The number of rotatable bonds is 0. The van der Waals surface area contributed by atoms with E-state index in [0.717, 1.165) is 30.4 Å². The standard InChI is InChI=1S/C11H10Cl2O/c12-7-5-9-8(10(13)6-7)3-1-2-4-11(9)14/h5-6H,1-4H2. The van der Waals surface area contributed by atoms with Crippen LogP contribution in [0.5, 0.6) is 0 Å². The Balaban J connectivity index is 2.58. The maximum absolute atomic E-state index is 11.7. The van der Waals surface area contributed by atoms with E-state index in [9.17, 15) is 4.79 Å². The first kappa shape index (κ1) is 10.0. The summed E-state index contributed by atoms with van der Waals surface area (Å²) in [4.78, 5) is 11.7. The van der Waals surface area contributed by atoms with Crippen LogP contribution in [-0.4, -0.2) is 5.78 Å². The van der Waals surface area contributed by atoms with Crippen molar-refractivity contribution in [1.29, 1.82) is 0 Å². The molecule has 1 aliphatic carbocycles. The third-order valence-corrected chi connectivity index (χ3v) is 3.10. The molecule has 1 aromatic carbocycles. The lowest BCUT2D eigenvalue weighted by Gasteiger charge is -2.07. The zero-order chi connectivity index (χ0) is 10.1. The van der Waals surface area contributed by atoms with E-state index in [-0.39, 0.29) is 5.78 Å². The topological polar surface area (TPSA) is 17.1 Å². The Morgan fingerprint density at radius 1 is 1.07 bits per heavy atom. The van der Waals surface area contributed by atoms with Gasteiger partial charge < -0.3 is 0 Å². The van der Waals surface area contributed by atoms with Crippen LogP contribution >= 0.6 is 23.2 Å². The molecule has 74 valence electrons. The Labute approximate surface area is 93.0 Å². The Morgan fingerprint density at radius 3 is 2.57 bits per heavy atom. The van der Waals surface area contributed by atoms with Gasteiger partial charge in [0.05, 0.1) is 0 Å². The predicted octanol–water partition coefficient (Wildman–Crippen LogP) is 3.90. The van der Waals surface area contributed by atoms with Crippen molar-refractivity contribution in [3.05, 3.63) is 33.3 Å². The molecule has 0 unspecified atom stereocenters. The number of carbonyl (C=O) groups excluding carboxylic acids is 1. The second-order valence-electron chi connectivity index (χ2n) is 3.54. The molecule has 0 saturated carbocycles. The molecule has 0 spiro atoms. The quantitative estimate of drug-likeness (QED) is 0.616. The Bertz CT molecular complexity index is 385. The summed E-state index contributed by atoms with van der Waals surface area (Å²) in [6, 6.07) is 3.44. The van der Waals surface area contributed by atoms with Gasteiger partial charge in [-0.25, -0.2) is 0 Å². The molecule has 0 fully saturated rings. The summed E-state index contributed by atoms with van der Waals surface area (Å²) >= 11 is 11.9. The molecule has 1 aromatic rings. The average Bonchev–Trinajstić information content (AvgIpc) is 2.29. The zero-order valence-electron chi connectivity index (χ0n) is 7.65. The van der Waals surface area contributed by atoms with Gasteiger partial charge in [-0.2, -0.15) is 0 Å². The van der Waals surface area contributed by atoms with Gasteiger partial charge in [0.2, 0.25) is 0 Å². The number of Topliss-reactive ketones (excluding diaryl/α,β-unsaturated/α-hetero) is 1. The largest absolute Gasteiger partial charge is 0.294 e. The zero-order valence-corrected chi connectivity index (χ0v) is 9.16. The Kier molecular flexibility index (Phi) is 2.80. The lowest BCUT2D eigenvalue weighted by Crippen LogP contribution is -2.00. The van der Waals surface area contributed by atoms with E-state index in [1.54, 1.807) is 12.1 Å². The molecule has 0 heterocycles. The summed E-state index contributed by atoms with van der Waals surface area (Å²) < 4.78 is 0. The Morgan fingerprint density at radius 2 is 1.79 bits per heavy atom. The van der Waals surface area contributed by atoms with Gasteiger partial charge in [-0.05, 0) is 37.0 Å². The van der Waals surface area contributed by atoms with Crippen molar-refractivity contribution < 1.29 is 4.79 Å². The van der Waals surface area contributed by atoms with E-state index in [4.69, 9.17) is 23.2 Å². The molecular formula is C11H10Cl2O. The van der Waals surface area contributed by atoms with Gasteiger partial charge in [-0.15, -0.1) is 0 Å². The summed E-state index contributed by atoms with van der Waals surface area (Å²) in [5, 5.41) is 1.17. The highest BCUT2D eigenvalue weighted by molar-refractivity contribution is 6.35. The molecule has 0 aromatic heterocycles.